The van der Waals surface area contributed by atoms with Gasteiger partial charge in [0.05, 0.1) is 0 Å². The summed E-state index contributed by atoms with van der Waals surface area (Å²) < 4.78 is 12.6. The highest BCUT2D eigenvalue weighted by molar-refractivity contribution is 6.09. The smallest absolute Gasteiger partial charge is 0.135 e. The fourth-order valence-electron chi connectivity index (χ4n) is 7.45. The number of hydrogen-bond acceptors (Lipinski definition) is 4. The Kier molecular flexibility index (Phi) is 7.77. The molecule has 10 aromatic rings. The molecule has 0 aliphatic carbocycles. The van der Waals surface area contributed by atoms with Gasteiger partial charge in [0.1, 0.15) is 22.3 Å². The number of furan rings is 2. The maximum absolute atomic E-state index is 6.32. The summed E-state index contributed by atoms with van der Waals surface area (Å²) in [6.45, 7) is 0. The minimum atomic E-state index is 0.866. The van der Waals surface area contributed by atoms with E-state index in [4.69, 9.17) is 8.83 Å². The standard InChI is InChI=1S/C50H34N2O2/c1-5-13-37(14-6-1)51(38-15-7-2-8-16-38)41-25-29-49-45(33-41)43-31-35(23-27-47(43)53-49)21-22-36-24-28-48-44(32-36)46-34-42(26-30-50(46)54-48)52(39-17-9-3-10-18-39)40-19-11-4-12-20-40/h1-34H. The summed E-state index contributed by atoms with van der Waals surface area (Å²) in [5.41, 5.74) is 12.2. The summed E-state index contributed by atoms with van der Waals surface area (Å²) in [5.74, 6) is 0. The number of fused-ring (bicyclic) bond motifs is 6. The van der Waals surface area contributed by atoms with Crippen molar-refractivity contribution in [2.45, 2.75) is 0 Å². The van der Waals surface area contributed by atoms with Gasteiger partial charge in [0.25, 0.3) is 0 Å². The van der Waals surface area contributed by atoms with Crippen molar-refractivity contribution in [3.05, 3.63) is 205 Å². The molecule has 256 valence electrons. The Morgan fingerprint density at radius 3 is 0.907 bits per heavy atom. The summed E-state index contributed by atoms with van der Waals surface area (Å²) >= 11 is 0. The highest BCUT2D eigenvalue weighted by atomic mass is 16.3. The molecule has 0 bridgehead atoms. The molecule has 8 aromatic carbocycles. The number of rotatable bonds is 8. The second-order valence-corrected chi connectivity index (χ2v) is 13.4. The third-order valence-corrected chi connectivity index (χ3v) is 10.00. The first-order chi connectivity index (χ1) is 26.7. The summed E-state index contributed by atoms with van der Waals surface area (Å²) in [7, 11) is 0. The minimum Gasteiger partial charge on any atom is -0.456 e. The van der Waals surface area contributed by atoms with Crippen molar-refractivity contribution in [3.63, 3.8) is 0 Å². The lowest BCUT2D eigenvalue weighted by Crippen LogP contribution is -2.09. The highest BCUT2D eigenvalue weighted by Gasteiger charge is 2.17. The van der Waals surface area contributed by atoms with E-state index in [-0.39, 0.29) is 0 Å². The average molecular weight is 695 g/mol. The molecule has 54 heavy (non-hydrogen) atoms. The predicted octanol–water partition coefficient (Wildman–Crippen LogP) is 14.6. The highest BCUT2D eigenvalue weighted by Crippen LogP contribution is 2.40. The summed E-state index contributed by atoms with van der Waals surface area (Å²) in [6.07, 6.45) is 4.34. The van der Waals surface area contributed by atoms with Crippen LogP contribution >= 0.6 is 0 Å². The molecular weight excluding hydrogens is 661 g/mol. The van der Waals surface area contributed by atoms with E-state index < -0.39 is 0 Å². The van der Waals surface area contributed by atoms with Crippen LogP contribution in [0.2, 0.25) is 0 Å². The van der Waals surface area contributed by atoms with Gasteiger partial charge in [-0.2, -0.15) is 0 Å². The van der Waals surface area contributed by atoms with E-state index in [1.165, 1.54) is 0 Å². The molecule has 0 amide bonds. The molecule has 0 saturated carbocycles. The van der Waals surface area contributed by atoms with Gasteiger partial charge < -0.3 is 18.6 Å². The molecule has 4 heteroatoms. The van der Waals surface area contributed by atoms with E-state index in [9.17, 15) is 0 Å². The summed E-state index contributed by atoms with van der Waals surface area (Å²) in [6, 6.07) is 67.6. The quantitative estimate of drug-likeness (QED) is 0.148. The second kappa shape index (κ2) is 13.4. The van der Waals surface area contributed by atoms with Crippen molar-refractivity contribution in [1.82, 2.24) is 0 Å². The molecule has 2 heterocycles. The Hall–Kier alpha value is -7.30. The Morgan fingerprint density at radius 2 is 0.574 bits per heavy atom. The molecule has 4 nitrogen and oxygen atoms in total. The number of hydrogen-bond donors (Lipinski definition) is 0. The maximum Gasteiger partial charge on any atom is 0.135 e. The number of nitrogens with zero attached hydrogens (tertiary/aromatic N) is 2. The third-order valence-electron chi connectivity index (χ3n) is 10.00. The van der Waals surface area contributed by atoms with Crippen LogP contribution in [0.4, 0.5) is 34.1 Å². The van der Waals surface area contributed by atoms with Gasteiger partial charge in [0.15, 0.2) is 0 Å². The fraction of sp³-hybridized carbons (Fsp3) is 0. The largest absolute Gasteiger partial charge is 0.456 e. The molecule has 0 spiro atoms. The number of benzene rings is 8. The van der Waals surface area contributed by atoms with Gasteiger partial charge in [-0.3, -0.25) is 0 Å². The number of anilines is 6. The monoisotopic (exact) mass is 694 g/mol. The van der Waals surface area contributed by atoms with Crippen LogP contribution in [-0.2, 0) is 0 Å². The predicted molar refractivity (Wildman–Crippen MR) is 226 cm³/mol. The molecule has 0 unspecified atom stereocenters. The van der Waals surface area contributed by atoms with Crippen molar-refractivity contribution >= 4 is 90.2 Å². The van der Waals surface area contributed by atoms with E-state index in [1.807, 2.05) is 24.3 Å². The Balaban J connectivity index is 1.01. The minimum absolute atomic E-state index is 0.866. The van der Waals surface area contributed by atoms with Gasteiger partial charge in [-0.25, -0.2) is 0 Å². The molecule has 0 aliphatic heterocycles. The molecule has 0 atom stereocenters. The van der Waals surface area contributed by atoms with Crippen molar-refractivity contribution in [3.8, 4) is 0 Å². The van der Waals surface area contributed by atoms with E-state index in [0.717, 1.165) is 89.1 Å². The van der Waals surface area contributed by atoms with E-state index >= 15 is 0 Å². The summed E-state index contributed by atoms with van der Waals surface area (Å²) in [4.78, 5) is 4.56. The molecule has 0 N–H and O–H groups in total. The first kappa shape index (κ1) is 31.4. The van der Waals surface area contributed by atoms with Crippen LogP contribution in [0.5, 0.6) is 0 Å². The normalized spacial score (nSPS) is 11.6. The maximum atomic E-state index is 6.32. The van der Waals surface area contributed by atoms with E-state index in [0.29, 0.717) is 0 Å². The van der Waals surface area contributed by atoms with Crippen LogP contribution in [0, 0.1) is 0 Å². The topological polar surface area (TPSA) is 32.8 Å². The van der Waals surface area contributed by atoms with Crippen LogP contribution in [0.25, 0.3) is 56.0 Å². The zero-order valence-electron chi connectivity index (χ0n) is 29.3. The molecule has 0 fully saturated rings. The van der Waals surface area contributed by atoms with Crippen molar-refractivity contribution in [2.24, 2.45) is 0 Å². The van der Waals surface area contributed by atoms with E-state index in [1.54, 1.807) is 0 Å². The van der Waals surface area contributed by atoms with Crippen LogP contribution in [0.15, 0.2) is 203 Å². The Labute approximate surface area is 313 Å². The molecule has 0 radical (unpaired) electrons. The lowest BCUT2D eigenvalue weighted by molar-refractivity contribution is 0.668. The lowest BCUT2D eigenvalue weighted by Gasteiger charge is -2.25. The van der Waals surface area contributed by atoms with Gasteiger partial charge in [0, 0.05) is 55.7 Å². The van der Waals surface area contributed by atoms with Gasteiger partial charge in [-0.05, 0) is 120 Å². The zero-order chi connectivity index (χ0) is 35.8. The Bertz CT molecular complexity index is 2650. The van der Waals surface area contributed by atoms with Crippen molar-refractivity contribution in [1.29, 1.82) is 0 Å². The average Bonchev–Trinajstić information content (AvgIpc) is 3.79. The summed E-state index contributed by atoms with van der Waals surface area (Å²) in [5, 5.41) is 4.33. The first-order valence-electron chi connectivity index (χ1n) is 18.2. The zero-order valence-corrected chi connectivity index (χ0v) is 29.3. The van der Waals surface area contributed by atoms with Crippen molar-refractivity contribution in [2.75, 3.05) is 9.80 Å². The molecule has 2 aromatic heterocycles. The molecule has 0 saturated heterocycles. The van der Waals surface area contributed by atoms with Crippen LogP contribution in [0.1, 0.15) is 11.1 Å². The van der Waals surface area contributed by atoms with Gasteiger partial charge in [0.2, 0.25) is 0 Å². The van der Waals surface area contributed by atoms with Gasteiger partial charge in [-0.15, -0.1) is 0 Å². The van der Waals surface area contributed by atoms with Gasteiger partial charge >= 0.3 is 0 Å². The van der Waals surface area contributed by atoms with Crippen LogP contribution in [0.3, 0.4) is 0 Å². The second-order valence-electron chi connectivity index (χ2n) is 13.4. The SMILES string of the molecule is C(=Cc1ccc2oc3ccc(N(c4ccccc4)c4ccccc4)cc3c2c1)c1ccc2oc3ccc(N(c4ccccc4)c4ccccc4)cc3c2c1. The third kappa shape index (κ3) is 5.76. The van der Waals surface area contributed by atoms with Gasteiger partial charge in [-0.1, -0.05) is 97.1 Å². The molecule has 10 rings (SSSR count). The first-order valence-corrected chi connectivity index (χ1v) is 18.2. The molecule has 0 aliphatic rings. The molecular formula is C50H34N2O2. The van der Waals surface area contributed by atoms with Crippen LogP contribution < -0.4 is 9.80 Å². The lowest BCUT2D eigenvalue weighted by atomic mass is 10.1. The number of para-hydroxylation sites is 4. The van der Waals surface area contributed by atoms with E-state index in [2.05, 4.69) is 192 Å². The van der Waals surface area contributed by atoms with Crippen LogP contribution in [-0.4, -0.2) is 0 Å². The Morgan fingerprint density at radius 1 is 0.278 bits per heavy atom. The van der Waals surface area contributed by atoms with Crippen molar-refractivity contribution < 1.29 is 8.83 Å². The fourth-order valence-corrected chi connectivity index (χ4v) is 7.45.